The Bertz CT molecular complexity index is 1330. The standard InChI is InChI=1S/C25H15Cl2NO2S/c26-16-9-13-24-21(15-16)28(20-7-3-4-8-23(20)31-24)25(29)14-11-17-10-12-22(30-17)18-5-1-2-6-19(18)27/h1-15H/b14-11+. The summed E-state index contributed by atoms with van der Waals surface area (Å²) < 4.78 is 5.88. The van der Waals surface area contributed by atoms with Gasteiger partial charge in [-0.2, -0.15) is 0 Å². The van der Waals surface area contributed by atoms with Gasteiger partial charge in [0.05, 0.1) is 16.4 Å². The summed E-state index contributed by atoms with van der Waals surface area (Å²) in [5.74, 6) is 1.02. The van der Waals surface area contributed by atoms with Crippen LogP contribution < -0.4 is 4.90 Å². The lowest BCUT2D eigenvalue weighted by Crippen LogP contribution is -2.26. The van der Waals surface area contributed by atoms with Crippen molar-refractivity contribution >= 4 is 58.3 Å². The minimum absolute atomic E-state index is 0.188. The summed E-state index contributed by atoms with van der Waals surface area (Å²) in [7, 11) is 0. The average Bonchev–Trinajstić information content (AvgIpc) is 3.25. The lowest BCUT2D eigenvalue weighted by atomic mass is 10.2. The molecule has 1 aliphatic rings. The molecule has 152 valence electrons. The van der Waals surface area contributed by atoms with E-state index in [1.165, 1.54) is 6.08 Å². The molecule has 0 aliphatic carbocycles. The number of furan rings is 1. The second-order valence-electron chi connectivity index (χ2n) is 6.87. The van der Waals surface area contributed by atoms with Gasteiger partial charge in [0.25, 0.3) is 5.91 Å². The molecule has 0 atom stereocenters. The quantitative estimate of drug-likeness (QED) is 0.287. The van der Waals surface area contributed by atoms with Crippen LogP contribution in [0.1, 0.15) is 5.76 Å². The molecule has 2 heterocycles. The van der Waals surface area contributed by atoms with Gasteiger partial charge in [0.2, 0.25) is 0 Å². The van der Waals surface area contributed by atoms with Crippen molar-refractivity contribution in [1.82, 2.24) is 0 Å². The van der Waals surface area contributed by atoms with Gasteiger partial charge in [0.1, 0.15) is 11.5 Å². The van der Waals surface area contributed by atoms with Crippen molar-refractivity contribution in [2.75, 3.05) is 4.90 Å². The molecule has 1 aromatic heterocycles. The molecule has 4 aromatic rings. The molecule has 3 aromatic carbocycles. The Balaban J connectivity index is 1.47. The van der Waals surface area contributed by atoms with Crippen LogP contribution in [0.15, 0.2) is 99.1 Å². The summed E-state index contributed by atoms with van der Waals surface area (Å²) in [6.45, 7) is 0. The number of carbonyl (C=O) groups is 1. The number of para-hydroxylation sites is 1. The number of hydrogen-bond acceptors (Lipinski definition) is 3. The third kappa shape index (κ3) is 3.90. The van der Waals surface area contributed by atoms with Gasteiger partial charge >= 0.3 is 0 Å². The number of hydrogen-bond donors (Lipinski definition) is 0. The van der Waals surface area contributed by atoms with E-state index in [0.717, 1.165) is 26.7 Å². The SMILES string of the molecule is O=C(/C=C/c1ccc(-c2ccccc2Cl)o1)N1c2ccccc2Sc2ccc(Cl)cc21. The van der Waals surface area contributed by atoms with Gasteiger partial charge in [-0.3, -0.25) is 9.69 Å². The molecule has 0 fully saturated rings. The zero-order valence-electron chi connectivity index (χ0n) is 16.1. The Morgan fingerprint density at radius 3 is 2.52 bits per heavy atom. The molecule has 31 heavy (non-hydrogen) atoms. The van der Waals surface area contributed by atoms with E-state index >= 15 is 0 Å². The van der Waals surface area contributed by atoms with Gasteiger partial charge in [-0.25, -0.2) is 0 Å². The maximum absolute atomic E-state index is 13.3. The number of rotatable bonds is 3. The van der Waals surface area contributed by atoms with Crippen LogP contribution in [-0.2, 0) is 4.79 Å². The predicted octanol–water partition coefficient (Wildman–Crippen LogP) is 8.10. The second kappa shape index (κ2) is 8.31. The molecular weight excluding hydrogens is 449 g/mol. The maximum Gasteiger partial charge on any atom is 0.255 e. The molecule has 1 aliphatic heterocycles. The molecule has 0 radical (unpaired) electrons. The van der Waals surface area contributed by atoms with Gasteiger partial charge in [0, 0.05) is 26.5 Å². The first kappa shape index (κ1) is 20.0. The number of anilines is 2. The first-order valence-electron chi connectivity index (χ1n) is 9.53. The largest absolute Gasteiger partial charge is 0.457 e. The lowest BCUT2D eigenvalue weighted by molar-refractivity contribution is -0.113. The summed E-state index contributed by atoms with van der Waals surface area (Å²) >= 11 is 14.1. The monoisotopic (exact) mass is 463 g/mol. The highest BCUT2D eigenvalue weighted by Crippen LogP contribution is 2.48. The van der Waals surface area contributed by atoms with Gasteiger partial charge in [-0.05, 0) is 60.7 Å². The normalized spacial score (nSPS) is 12.6. The fraction of sp³-hybridized carbons (Fsp3) is 0. The molecule has 0 N–H and O–H groups in total. The summed E-state index contributed by atoms with van der Waals surface area (Å²) in [6.07, 6.45) is 3.17. The molecule has 0 unspecified atom stereocenters. The van der Waals surface area contributed by atoms with Crippen molar-refractivity contribution in [2.45, 2.75) is 9.79 Å². The minimum Gasteiger partial charge on any atom is -0.457 e. The number of halogens is 2. The minimum atomic E-state index is -0.188. The fourth-order valence-corrected chi connectivity index (χ4v) is 4.88. The molecule has 0 saturated heterocycles. The summed E-state index contributed by atoms with van der Waals surface area (Å²) in [4.78, 5) is 16.9. The summed E-state index contributed by atoms with van der Waals surface area (Å²) in [5.41, 5.74) is 2.40. The predicted molar refractivity (Wildman–Crippen MR) is 127 cm³/mol. The van der Waals surface area contributed by atoms with Crippen molar-refractivity contribution in [1.29, 1.82) is 0 Å². The van der Waals surface area contributed by atoms with Crippen molar-refractivity contribution < 1.29 is 9.21 Å². The van der Waals surface area contributed by atoms with Crippen LogP contribution in [0.2, 0.25) is 10.0 Å². The molecule has 6 heteroatoms. The third-order valence-corrected chi connectivity index (χ3v) is 6.56. The zero-order valence-corrected chi connectivity index (χ0v) is 18.4. The van der Waals surface area contributed by atoms with E-state index in [0.29, 0.717) is 21.6 Å². The molecule has 0 saturated carbocycles. The number of fused-ring (bicyclic) bond motifs is 2. The topological polar surface area (TPSA) is 33.5 Å². The van der Waals surface area contributed by atoms with Crippen LogP contribution in [0.5, 0.6) is 0 Å². The number of nitrogens with zero attached hydrogens (tertiary/aromatic N) is 1. The molecule has 3 nitrogen and oxygen atoms in total. The van der Waals surface area contributed by atoms with E-state index in [-0.39, 0.29) is 5.91 Å². The molecule has 1 amide bonds. The first-order valence-corrected chi connectivity index (χ1v) is 11.1. The van der Waals surface area contributed by atoms with Crippen LogP contribution in [0.4, 0.5) is 11.4 Å². The fourth-order valence-electron chi connectivity index (χ4n) is 3.44. The first-order chi connectivity index (χ1) is 15.1. The van der Waals surface area contributed by atoms with E-state index in [2.05, 4.69) is 0 Å². The van der Waals surface area contributed by atoms with E-state index < -0.39 is 0 Å². The zero-order chi connectivity index (χ0) is 21.4. The average molecular weight is 464 g/mol. The number of carbonyl (C=O) groups excluding carboxylic acids is 1. The number of benzene rings is 3. The summed E-state index contributed by atoms with van der Waals surface area (Å²) in [6, 6.07) is 24.5. The van der Waals surface area contributed by atoms with Crippen molar-refractivity contribution in [2.24, 2.45) is 0 Å². The smallest absolute Gasteiger partial charge is 0.255 e. The van der Waals surface area contributed by atoms with Crippen LogP contribution in [-0.4, -0.2) is 5.91 Å². The van der Waals surface area contributed by atoms with E-state index in [1.807, 2.05) is 78.9 Å². The highest BCUT2D eigenvalue weighted by molar-refractivity contribution is 7.99. The van der Waals surface area contributed by atoms with Crippen LogP contribution >= 0.6 is 35.0 Å². The Labute approximate surface area is 193 Å². The second-order valence-corrected chi connectivity index (χ2v) is 8.80. The molecule has 5 rings (SSSR count). The summed E-state index contributed by atoms with van der Waals surface area (Å²) in [5, 5.41) is 1.19. The molecule has 0 bridgehead atoms. The number of amides is 1. The van der Waals surface area contributed by atoms with Crippen LogP contribution in [0, 0.1) is 0 Å². The van der Waals surface area contributed by atoms with Crippen molar-refractivity contribution in [3.63, 3.8) is 0 Å². The van der Waals surface area contributed by atoms with Gasteiger partial charge in [0.15, 0.2) is 0 Å². The third-order valence-electron chi connectivity index (χ3n) is 4.86. The van der Waals surface area contributed by atoms with E-state index in [4.69, 9.17) is 27.6 Å². The van der Waals surface area contributed by atoms with Gasteiger partial charge in [-0.1, -0.05) is 59.2 Å². The van der Waals surface area contributed by atoms with E-state index in [1.54, 1.807) is 22.7 Å². The van der Waals surface area contributed by atoms with E-state index in [9.17, 15) is 4.79 Å². The Morgan fingerprint density at radius 1 is 0.871 bits per heavy atom. The van der Waals surface area contributed by atoms with Crippen LogP contribution in [0.3, 0.4) is 0 Å². The van der Waals surface area contributed by atoms with Crippen LogP contribution in [0.25, 0.3) is 17.4 Å². The Hall–Kier alpha value is -2.92. The highest BCUT2D eigenvalue weighted by atomic mass is 35.5. The van der Waals surface area contributed by atoms with Gasteiger partial charge < -0.3 is 4.42 Å². The maximum atomic E-state index is 13.3. The van der Waals surface area contributed by atoms with Gasteiger partial charge in [-0.15, -0.1) is 0 Å². The van der Waals surface area contributed by atoms with Crippen molar-refractivity contribution in [3.05, 3.63) is 101 Å². The highest BCUT2D eigenvalue weighted by Gasteiger charge is 2.27. The Morgan fingerprint density at radius 2 is 1.65 bits per heavy atom. The Kier molecular flexibility index (Phi) is 5.36. The molecular formula is C25H15Cl2NO2S. The molecule has 0 spiro atoms. The lowest BCUT2D eigenvalue weighted by Gasteiger charge is -2.30. The van der Waals surface area contributed by atoms with Crippen molar-refractivity contribution in [3.8, 4) is 11.3 Å².